The Balaban J connectivity index is 2.53. The van der Waals surface area contributed by atoms with E-state index in [2.05, 4.69) is 31.9 Å². The van der Waals surface area contributed by atoms with Crippen LogP contribution in [0, 0.1) is 5.92 Å². The lowest BCUT2D eigenvalue weighted by atomic mass is 10.0. The Bertz CT molecular complexity index is 138. The Kier molecular flexibility index (Phi) is 2.50. The first-order valence-corrected chi connectivity index (χ1v) is 4.02. The first-order valence-electron chi connectivity index (χ1n) is 4.02. The molecule has 0 aromatic carbocycles. The number of nitrogens with zero attached hydrogens (tertiary/aromatic N) is 1. The zero-order valence-corrected chi connectivity index (χ0v) is 7.22. The van der Waals surface area contributed by atoms with Crippen molar-refractivity contribution in [2.45, 2.75) is 20.3 Å². The van der Waals surface area contributed by atoms with Crippen LogP contribution in [0.25, 0.3) is 0 Å². The number of likely N-dealkylation sites (N-methyl/N-ethyl adjacent to an activating group) is 1. The van der Waals surface area contributed by atoms with Crippen molar-refractivity contribution in [2.75, 3.05) is 20.1 Å². The van der Waals surface area contributed by atoms with Gasteiger partial charge in [-0.1, -0.05) is 18.6 Å². The highest BCUT2D eigenvalue weighted by Crippen LogP contribution is 2.14. The van der Waals surface area contributed by atoms with Gasteiger partial charge in [0, 0.05) is 13.1 Å². The fourth-order valence-corrected chi connectivity index (χ4v) is 1.62. The minimum Gasteiger partial charge on any atom is -0.302 e. The molecule has 1 aliphatic heterocycles. The van der Waals surface area contributed by atoms with E-state index in [-0.39, 0.29) is 0 Å². The standard InChI is InChI=1S/C9H17N/c1-8-4-5-10(3)7-9(2)6-8/h4,9H,5-7H2,1-3H3/t9-/m1/s1. The SMILES string of the molecule is CC1=CCN(C)C[C@H](C)C1. The predicted molar refractivity (Wildman–Crippen MR) is 45.0 cm³/mol. The Morgan fingerprint density at radius 1 is 1.60 bits per heavy atom. The maximum absolute atomic E-state index is 2.38. The quantitative estimate of drug-likeness (QED) is 0.463. The average molecular weight is 139 g/mol. The van der Waals surface area contributed by atoms with E-state index in [4.69, 9.17) is 0 Å². The minimum atomic E-state index is 0.837. The Morgan fingerprint density at radius 2 is 2.30 bits per heavy atom. The highest BCUT2D eigenvalue weighted by molar-refractivity contribution is 5.02. The summed E-state index contributed by atoms with van der Waals surface area (Å²) in [5.41, 5.74) is 1.55. The predicted octanol–water partition coefficient (Wildman–Crippen LogP) is 1.90. The van der Waals surface area contributed by atoms with Crippen LogP contribution in [-0.2, 0) is 0 Å². The summed E-state index contributed by atoms with van der Waals surface area (Å²) in [5, 5.41) is 0. The van der Waals surface area contributed by atoms with Gasteiger partial charge in [-0.2, -0.15) is 0 Å². The molecule has 0 aliphatic carbocycles. The summed E-state index contributed by atoms with van der Waals surface area (Å²) in [7, 11) is 2.19. The lowest BCUT2D eigenvalue weighted by Gasteiger charge is -2.15. The van der Waals surface area contributed by atoms with Crippen molar-refractivity contribution in [1.29, 1.82) is 0 Å². The summed E-state index contributed by atoms with van der Waals surface area (Å²) in [6.45, 7) is 6.93. The average Bonchev–Trinajstić information content (AvgIpc) is 1.93. The second-order valence-electron chi connectivity index (χ2n) is 3.58. The van der Waals surface area contributed by atoms with Gasteiger partial charge in [-0.15, -0.1) is 0 Å². The van der Waals surface area contributed by atoms with E-state index in [1.54, 1.807) is 5.57 Å². The van der Waals surface area contributed by atoms with Gasteiger partial charge < -0.3 is 4.90 Å². The maximum Gasteiger partial charge on any atom is 0.0162 e. The van der Waals surface area contributed by atoms with Gasteiger partial charge in [0.15, 0.2) is 0 Å². The van der Waals surface area contributed by atoms with Gasteiger partial charge >= 0.3 is 0 Å². The molecule has 0 amide bonds. The van der Waals surface area contributed by atoms with Crippen molar-refractivity contribution in [3.63, 3.8) is 0 Å². The van der Waals surface area contributed by atoms with E-state index in [1.807, 2.05) is 0 Å². The van der Waals surface area contributed by atoms with E-state index in [9.17, 15) is 0 Å². The smallest absolute Gasteiger partial charge is 0.0162 e. The molecule has 1 heteroatoms. The topological polar surface area (TPSA) is 3.24 Å². The molecule has 10 heavy (non-hydrogen) atoms. The minimum absolute atomic E-state index is 0.837. The van der Waals surface area contributed by atoms with Crippen LogP contribution in [0.3, 0.4) is 0 Å². The summed E-state index contributed by atoms with van der Waals surface area (Å²) in [6.07, 6.45) is 3.62. The fourth-order valence-electron chi connectivity index (χ4n) is 1.62. The van der Waals surface area contributed by atoms with Crippen molar-refractivity contribution in [2.24, 2.45) is 5.92 Å². The number of rotatable bonds is 0. The van der Waals surface area contributed by atoms with Gasteiger partial charge in [0.25, 0.3) is 0 Å². The first kappa shape index (κ1) is 7.80. The van der Waals surface area contributed by atoms with Gasteiger partial charge in [0.2, 0.25) is 0 Å². The molecule has 0 saturated heterocycles. The molecule has 1 atom stereocenters. The molecule has 1 heterocycles. The van der Waals surface area contributed by atoms with Crippen LogP contribution < -0.4 is 0 Å². The molecule has 58 valence electrons. The molecule has 0 bridgehead atoms. The highest BCUT2D eigenvalue weighted by atomic mass is 15.1. The molecule has 0 aromatic rings. The third kappa shape index (κ3) is 2.14. The van der Waals surface area contributed by atoms with Crippen molar-refractivity contribution >= 4 is 0 Å². The van der Waals surface area contributed by atoms with Gasteiger partial charge in [0.1, 0.15) is 0 Å². The van der Waals surface area contributed by atoms with E-state index >= 15 is 0 Å². The van der Waals surface area contributed by atoms with Gasteiger partial charge in [-0.3, -0.25) is 0 Å². The molecule has 0 N–H and O–H groups in total. The van der Waals surface area contributed by atoms with E-state index in [0.29, 0.717) is 0 Å². The Labute approximate surface area is 63.7 Å². The summed E-state index contributed by atoms with van der Waals surface area (Å²) in [5.74, 6) is 0.837. The number of hydrogen-bond donors (Lipinski definition) is 0. The van der Waals surface area contributed by atoms with Crippen LogP contribution in [0.2, 0.25) is 0 Å². The molecule has 1 aliphatic rings. The highest BCUT2D eigenvalue weighted by Gasteiger charge is 2.09. The normalized spacial score (nSPS) is 29.5. The molecule has 0 spiro atoms. The third-order valence-electron chi connectivity index (χ3n) is 2.05. The number of allylic oxidation sites excluding steroid dienone is 1. The van der Waals surface area contributed by atoms with Crippen LogP contribution in [0.4, 0.5) is 0 Å². The molecule has 0 unspecified atom stereocenters. The van der Waals surface area contributed by atoms with Crippen LogP contribution in [0.1, 0.15) is 20.3 Å². The fraction of sp³-hybridized carbons (Fsp3) is 0.778. The summed E-state index contributed by atoms with van der Waals surface area (Å²) < 4.78 is 0. The molecule has 0 aromatic heterocycles. The molecule has 1 nitrogen and oxygen atoms in total. The van der Waals surface area contributed by atoms with Crippen molar-refractivity contribution in [1.82, 2.24) is 4.90 Å². The van der Waals surface area contributed by atoms with Crippen LogP contribution in [0.15, 0.2) is 11.6 Å². The molecule has 0 saturated carbocycles. The Hall–Kier alpha value is -0.300. The van der Waals surface area contributed by atoms with Gasteiger partial charge in [-0.05, 0) is 26.3 Å². The van der Waals surface area contributed by atoms with Crippen molar-refractivity contribution in [3.05, 3.63) is 11.6 Å². The van der Waals surface area contributed by atoms with Crippen LogP contribution in [-0.4, -0.2) is 25.0 Å². The zero-order valence-electron chi connectivity index (χ0n) is 7.22. The van der Waals surface area contributed by atoms with E-state index < -0.39 is 0 Å². The second kappa shape index (κ2) is 3.20. The molecule has 0 fully saturated rings. The summed E-state index contributed by atoms with van der Waals surface area (Å²) >= 11 is 0. The maximum atomic E-state index is 2.38. The van der Waals surface area contributed by atoms with Crippen LogP contribution in [0.5, 0.6) is 0 Å². The van der Waals surface area contributed by atoms with Crippen molar-refractivity contribution in [3.8, 4) is 0 Å². The molecular formula is C9H17N. The third-order valence-corrected chi connectivity index (χ3v) is 2.05. The van der Waals surface area contributed by atoms with E-state index in [0.717, 1.165) is 12.5 Å². The Morgan fingerprint density at radius 3 is 3.00 bits per heavy atom. The monoisotopic (exact) mass is 139 g/mol. The largest absolute Gasteiger partial charge is 0.302 e. The molecule has 0 radical (unpaired) electrons. The van der Waals surface area contributed by atoms with Gasteiger partial charge in [-0.25, -0.2) is 0 Å². The second-order valence-corrected chi connectivity index (χ2v) is 3.58. The van der Waals surface area contributed by atoms with Crippen LogP contribution >= 0.6 is 0 Å². The summed E-state index contributed by atoms with van der Waals surface area (Å²) in [6, 6.07) is 0. The first-order chi connectivity index (χ1) is 4.68. The van der Waals surface area contributed by atoms with E-state index in [1.165, 1.54) is 13.0 Å². The zero-order chi connectivity index (χ0) is 7.56. The lowest BCUT2D eigenvalue weighted by Crippen LogP contribution is -2.22. The summed E-state index contributed by atoms with van der Waals surface area (Å²) in [4.78, 5) is 2.38. The molecular weight excluding hydrogens is 122 g/mol. The number of hydrogen-bond acceptors (Lipinski definition) is 1. The lowest BCUT2D eigenvalue weighted by molar-refractivity contribution is 0.321. The van der Waals surface area contributed by atoms with Gasteiger partial charge in [0.05, 0.1) is 0 Å². The molecule has 1 rings (SSSR count). The van der Waals surface area contributed by atoms with Crippen molar-refractivity contribution < 1.29 is 0 Å².